The number of ketones is 1. The van der Waals surface area contributed by atoms with Crippen molar-refractivity contribution in [3.63, 3.8) is 0 Å². The van der Waals surface area contributed by atoms with Gasteiger partial charge in [0.2, 0.25) is 0 Å². The fraction of sp³-hybridized carbons (Fsp3) is 0.963. The molecule has 0 unspecified atom stereocenters. The number of aliphatic hydroxyl groups excluding tert-OH is 1. The van der Waals surface area contributed by atoms with E-state index in [4.69, 9.17) is 4.74 Å². The molecule has 4 heteroatoms. The SMILES string of the molecule is CC[C@H]1CN([C@H]2C[C@@]3(C)[C@@H](CC[C@@H]4[C@@H]3CC[C@]3(C)[C@@H](C(C)=O)CC[C@@H]43)C[C@@H]2O)CCO1. The molecule has 5 rings (SSSR count). The Labute approximate surface area is 189 Å². The zero-order valence-corrected chi connectivity index (χ0v) is 20.3. The standard InChI is InChI=1S/C27H45NO3/c1-5-19-16-28(12-13-31-19)24-15-27(4)18(14-25(24)30)6-7-20-22-9-8-21(17(2)29)26(22,3)11-10-23(20)27/h18-25,30H,5-16H2,1-4H3/t18-,19-,20-,21+,22-,23-,24-,25-,26+,27-/m0/s1. The Hall–Kier alpha value is -0.450. The molecule has 4 saturated carbocycles. The van der Waals surface area contributed by atoms with Crippen LogP contribution in [0.15, 0.2) is 0 Å². The Morgan fingerprint density at radius 3 is 2.61 bits per heavy atom. The van der Waals surface area contributed by atoms with E-state index < -0.39 is 0 Å². The minimum absolute atomic E-state index is 0.187. The van der Waals surface area contributed by atoms with Gasteiger partial charge in [-0.2, -0.15) is 0 Å². The van der Waals surface area contributed by atoms with Crippen molar-refractivity contribution >= 4 is 5.78 Å². The molecule has 31 heavy (non-hydrogen) atoms. The fourth-order valence-corrected chi connectivity index (χ4v) is 9.61. The molecule has 0 aromatic heterocycles. The molecular formula is C27H45NO3. The van der Waals surface area contributed by atoms with Crippen LogP contribution in [-0.2, 0) is 9.53 Å². The molecule has 0 aromatic rings. The molecule has 4 nitrogen and oxygen atoms in total. The number of Topliss-reactive ketones (excluding diaryl/α,β-unsaturated/α-hetero) is 1. The average Bonchev–Trinajstić information content (AvgIpc) is 3.11. The summed E-state index contributed by atoms with van der Waals surface area (Å²) in [6.45, 7) is 11.8. The molecular weight excluding hydrogens is 386 g/mol. The summed E-state index contributed by atoms with van der Waals surface area (Å²) in [6.07, 6.45) is 10.8. The largest absolute Gasteiger partial charge is 0.391 e. The molecule has 1 heterocycles. The number of carbonyl (C=O) groups is 1. The van der Waals surface area contributed by atoms with E-state index in [2.05, 4.69) is 25.7 Å². The van der Waals surface area contributed by atoms with E-state index in [0.29, 0.717) is 35.2 Å². The lowest BCUT2D eigenvalue weighted by molar-refractivity contribution is -0.161. The Bertz CT molecular complexity index is 696. The van der Waals surface area contributed by atoms with Crippen molar-refractivity contribution in [2.75, 3.05) is 19.7 Å². The van der Waals surface area contributed by atoms with Gasteiger partial charge in [0.05, 0.1) is 18.8 Å². The maximum absolute atomic E-state index is 12.4. The van der Waals surface area contributed by atoms with Crippen molar-refractivity contribution in [1.29, 1.82) is 0 Å². The second kappa shape index (κ2) is 8.09. The first-order valence-corrected chi connectivity index (χ1v) is 13.3. The van der Waals surface area contributed by atoms with E-state index in [1.54, 1.807) is 0 Å². The maximum Gasteiger partial charge on any atom is 0.133 e. The van der Waals surface area contributed by atoms with E-state index in [-0.39, 0.29) is 11.5 Å². The summed E-state index contributed by atoms with van der Waals surface area (Å²) in [5, 5.41) is 11.2. The van der Waals surface area contributed by atoms with Gasteiger partial charge in [-0.1, -0.05) is 20.8 Å². The van der Waals surface area contributed by atoms with Crippen molar-refractivity contribution in [3.05, 3.63) is 0 Å². The van der Waals surface area contributed by atoms with Crippen LogP contribution in [0.4, 0.5) is 0 Å². The number of fused-ring (bicyclic) bond motifs is 5. The molecule has 0 aromatic carbocycles. The molecule has 5 fully saturated rings. The van der Waals surface area contributed by atoms with Crippen molar-refractivity contribution in [2.45, 2.75) is 104 Å². The summed E-state index contributed by atoms with van der Waals surface area (Å²) < 4.78 is 5.94. The van der Waals surface area contributed by atoms with Crippen molar-refractivity contribution in [1.82, 2.24) is 4.90 Å². The predicted octanol–water partition coefficient (Wildman–Crippen LogP) is 4.68. The lowest BCUT2D eigenvalue weighted by Crippen LogP contribution is -2.61. The Kier molecular flexibility index (Phi) is 5.84. The van der Waals surface area contributed by atoms with Crippen LogP contribution in [0.1, 0.15) is 85.5 Å². The van der Waals surface area contributed by atoms with Gasteiger partial charge in [0.25, 0.3) is 0 Å². The smallest absolute Gasteiger partial charge is 0.133 e. The van der Waals surface area contributed by atoms with Crippen LogP contribution in [0.3, 0.4) is 0 Å². The molecule has 176 valence electrons. The van der Waals surface area contributed by atoms with Gasteiger partial charge in [0, 0.05) is 25.0 Å². The molecule has 0 bridgehead atoms. The number of rotatable bonds is 3. The first-order valence-electron chi connectivity index (χ1n) is 13.3. The highest BCUT2D eigenvalue weighted by Gasteiger charge is 2.62. The van der Waals surface area contributed by atoms with Crippen LogP contribution in [-0.4, -0.2) is 53.7 Å². The first kappa shape index (κ1) is 22.3. The predicted molar refractivity (Wildman–Crippen MR) is 123 cm³/mol. The number of hydrogen-bond donors (Lipinski definition) is 1. The second-order valence-corrected chi connectivity index (χ2v) is 12.4. The summed E-state index contributed by atoms with van der Waals surface area (Å²) in [6, 6.07) is 0.291. The lowest BCUT2D eigenvalue weighted by Gasteiger charge is -2.62. The van der Waals surface area contributed by atoms with Gasteiger partial charge in [-0.15, -0.1) is 0 Å². The molecule has 0 radical (unpaired) electrons. The van der Waals surface area contributed by atoms with Crippen LogP contribution in [0.2, 0.25) is 0 Å². The number of carbonyl (C=O) groups excluding carboxylic acids is 1. The molecule has 1 aliphatic heterocycles. The van der Waals surface area contributed by atoms with Crippen molar-refractivity contribution < 1.29 is 14.6 Å². The monoisotopic (exact) mass is 431 g/mol. The van der Waals surface area contributed by atoms with Gasteiger partial charge in [0.15, 0.2) is 0 Å². The van der Waals surface area contributed by atoms with Crippen LogP contribution in [0.25, 0.3) is 0 Å². The number of aliphatic hydroxyl groups is 1. The van der Waals surface area contributed by atoms with Crippen molar-refractivity contribution in [3.8, 4) is 0 Å². The number of ether oxygens (including phenoxy) is 1. The van der Waals surface area contributed by atoms with Crippen LogP contribution < -0.4 is 0 Å². The van der Waals surface area contributed by atoms with Gasteiger partial charge in [-0.05, 0) is 99.2 Å². The number of morpholine rings is 1. The fourth-order valence-electron chi connectivity index (χ4n) is 9.61. The zero-order valence-electron chi connectivity index (χ0n) is 20.3. The normalized spacial score (nSPS) is 52.8. The summed E-state index contributed by atoms with van der Waals surface area (Å²) in [5.74, 6) is 3.68. The van der Waals surface area contributed by atoms with E-state index in [0.717, 1.165) is 63.1 Å². The van der Waals surface area contributed by atoms with Gasteiger partial charge in [-0.3, -0.25) is 9.69 Å². The third kappa shape index (κ3) is 3.46. The molecule has 5 aliphatic rings. The van der Waals surface area contributed by atoms with Crippen LogP contribution in [0, 0.1) is 40.4 Å². The highest BCUT2D eigenvalue weighted by atomic mass is 16.5. The van der Waals surface area contributed by atoms with Gasteiger partial charge < -0.3 is 9.84 Å². The Morgan fingerprint density at radius 2 is 1.87 bits per heavy atom. The minimum atomic E-state index is -0.187. The third-order valence-electron chi connectivity index (χ3n) is 11.3. The quantitative estimate of drug-likeness (QED) is 0.705. The average molecular weight is 432 g/mol. The Morgan fingerprint density at radius 1 is 1.10 bits per heavy atom. The molecule has 0 spiro atoms. The number of nitrogens with zero attached hydrogens (tertiary/aromatic N) is 1. The molecule has 1 saturated heterocycles. The van der Waals surface area contributed by atoms with Crippen LogP contribution in [0.5, 0.6) is 0 Å². The van der Waals surface area contributed by atoms with Crippen molar-refractivity contribution in [2.24, 2.45) is 40.4 Å². The maximum atomic E-state index is 12.4. The topological polar surface area (TPSA) is 49.8 Å². The van der Waals surface area contributed by atoms with Gasteiger partial charge in [0.1, 0.15) is 5.78 Å². The highest BCUT2D eigenvalue weighted by molar-refractivity contribution is 5.79. The summed E-state index contributed by atoms with van der Waals surface area (Å²) >= 11 is 0. The molecule has 0 amide bonds. The van der Waals surface area contributed by atoms with Gasteiger partial charge >= 0.3 is 0 Å². The van der Waals surface area contributed by atoms with E-state index >= 15 is 0 Å². The first-order chi connectivity index (χ1) is 14.8. The summed E-state index contributed by atoms with van der Waals surface area (Å²) in [7, 11) is 0. The van der Waals surface area contributed by atoms with E-state index in [9.17, 15) is 9.90 Å². The zero-order chi connectivity index (χ0) is 22.0. The molecule has 1 N–H and O–H groups in total. The summed E-state index contributed by atoms with van der Waals surface area (Å²) in [5.41, 5.74) is 0.574. The highest BCUT2D eigenvalue weighted by Crippen LogP contribution is 2.67. The minimum Gasteiger partial charge on any atom is -0.391 e. The van der Waals surface area contributed by atoms with Gasteiger partial charge in [-0.25, -0.2) is 0 Å². The summed E-state index contributed by atoms with van der Waals surface area (Å²) in [4.78, 5) is 15.0. The van der Waals surface area contributed by atoms with E-state index in [1.807, 2.05) is 6.92 Å². The lowest BCUT2D eigenvalue weighted by atomic mass is 9.44. The second-order valence-electron chi connectivity index (χ2n) is 12.4. The Balaban J connectivity index is 1.38. The number of hydrogen-bond acceptors (Lipinski definition) is 4. The van der Waals surface area contributed by atoms with Crippen LogP contribution >= 0.6 is 0 Å². The molecule has 4 aliphatic carbocycles. The van der Waals surface area contributed by atoms with E-state index in [1.165, 1.54) is 32.1 Å². The molecule has 10 atom stereocenters. The third-order valence-corrected chi connectivity index (χ3v) is 11.3.